The van der Waals surface area contributed by atoms with Gasteiger partial charge in [0.25, 0.3) is 5.91 Å². The van der Waals surface area contributed by atoms with E-state index in [9.17, 15) is 4.79 Å². The van der Waals surface area contributed by atoms with E-state index < -0.39 is 0 Å². The zero-order valence-electron chi connectivity index (χ0n) is 8.86. The molecule has 0 aliphatic heterocycles. The van der Waals surface area contributed by atoms with E-state index in [-0.39, 0.29) is 5.91 Å². The number of hydrogen-bond acceptors (Lipinski definition) is 2. The first kappa shape index (κ1) is 10.2. The summed E-state index contributed by atoms with van der Waals surface area (Å²) in [4.78, 5) is 14.4. The van der Waals surface area contributed by atoms with Crippen LogP contribution in [-0.4, -0.2) is 24.4 Å². The first-order valence-corrected chi connectivity index (χ1v) is 5.78. The molecule has 3 heteroatoms. The van der Waals surface area contributed by atoms with Crippen molar-refractivity contribution in [3.63, 3.8) is 0 Å². The highest BCUT2D eigenvalue weighted by Gasteiger charge is 2.12. The predicted molar refractivity (Wildman–Crippen MR) is 64.5 cm³/mol. The molecule has 15 heavy (non-hydrogen) atoms. The lowest BCUT2D eigenvalue weighted by Crippen LogP contribution is -2.25. The van der Waals surface area contributed by atoms with Crippen LogP contribution in [0.1, 0.15) is 16.6 Å². The van der Waals surface area contributed by atoms with Crippen LogP contribution >= 0.6 is 11.3 Å². The third-order valence-electron chi connectivity index (χ3n) is 2.46. The van der Waals surface area contributed by atoms with Crippen LogP contribution < -0.4 is 0 Å². The van der Waals surface area contributed by atoms with Crippen molar-refractivity contribution in [2.75, 3.05) is 13.6 Å². The summed E-state index contributed by atoms with van der Waals surface area (Å²) in [5.74, 6) is 0.110. The fourth-order valence-corrected chi connectivity index (χ4v) is 2.48. The number of rotatable bonds is 2. The number of thiophene rings is 1. The summed E-state index contributed by atoms with van der Waals surface area (Å²) >= 11 is 1.56. The fraction of sp³-hybridized carbons (Fsp3) is 0.250. The van der Waals surface area contributed by atoms with Gasteiger partial charge in [-0.05, 0) is 24.4 Å². The van der Waals surface area contributed by atoms with Gasteiger partial charge in [0.1, 0.15) is 0 Å². The third kappa shape index (κ3) is 1.88. The minimum atomic E-state index is 0.110. The Hall–Kier alpha value is -1.35. The molecule has 0 atom stereocenters. The van der Waals surface area contributed by atoms with Gasteiger partial charge in [-0.25, -0.2) is 0 Å². The molecule has 0 N–H and O–H groups in total. The minimum Gasteiger partial charge on any atom is -0.341 e. The molecule has 0 spiro atoms. The minimum absolute atomic E-state index is 0.110. The average molecular weight is 219 g/mol. The van der Waals surface area contributed by atoms with Crippen molar-refractivity contribution < 1.29 is 4.79 Å². The number of benzene rings is 1. The highest BCUT2D eigenvalue weighted by molar-refractivity contribution is 7.20. The average Bonchev–Trinajstić information content (AvgIpc) is 2.70. The Kier molecular flexibility index (Phi) is 2.73. The molecule has 2 aromatic rings. The second-order valence-corrected chi connectivity index (χ2v) is 4.55. The van der Waals surface area contributed by atoms with Gasteiger partial charge in [-0.2, -0.15) is 0 Å². The SMILES string of the molecule is CCN(C)C(=O)c1cc2ccccc2s1. The Morgan fingerprint density at radius 2 is 2.13 bits per heavy atom. The molecule has 1 aromatic heterocycles. The Morgan fingerprint density at radius 1 is 1.40 bits per heavy atom. The lowest BCUT2D eigenvalue weighted by atomic mass is 10.2. The first-order valence-electron chi connectivity index (χ1n) is 4.96. The predicted octanol–water partition coefficient (Wildman–Crippen LogP) is 2.99. The Balaban J connectivity index is 2.41. The van der Waals surface area contributed by atoms with Gasteiger partial charge < -0.3 is 4.90 Å². The number of hydrogen-bond donors (Lipinski definition) is 0. The van der Waals surface area contributed by atoms with Crippen LogP contribution in [0.25, 0.3) is 10.1 Å². The molecule has 0 saturated heterocycles. The molecule has 1 amide bonds. The number of amides is 1. The van der Waals surface area contributed by atoms with E-state index in [2.05, 4.69) is 0 Å². The van der Waals surface area contributed by atoms with Gasteiger partial charge in [0.05, 0.1) is 4.88 Å². The highest BCUT2D eigenvalue weighted by Crippen LogP contribution is 2.25. The monoisotopic (exact) mass is 219 g/mol. The Labute approximate surface area is 93.1 Å². The molecule has 2 nitrogen and oxygen atoms in total. The van der Waals surface area contributed by atoms with E-state index in [1.165, 1.54) is 4.70 Å². The maximum atomic E-state index is 11.9. The lowest BCUT2D eigenvalue weighted by Gasteiger charge is -2.12. The molecule has 1 aromatic carbocycles. The lowest BCUT2D eigenvalue weighted by molar-refractivity contribution is 0.0807. The summed E-state index contributed by atoms with van der Waals surface area (Å²) in [6.45, 7) is 2.72. The second-order valence-electron chi connectivity index (χ2n) is 3.47. The van der Waals surface area contributed by atoms with Crippen LogP contribution in [0.3, 0.4) is 0 Å². The number of nitrogens with zero attached hydrogens (tertiary/aromatic N) is 1. The van der Waals surface area contributed by atoms with Crippen LogP contribution in [0.5, 0.6) is 0 Å². The maximum absolute atomic E-state index is 11.9. The molecule has 1 heterocycles. The Bertz CT molecular complexity index is 456. The smallest absolute Gasteiger partial charge is 0.263 e. The third-order valence-corrected chi connectivity index (χ3v) is 3.56. The van der Waals surface area contributed by atoms with Crippen molar-refractivity contribution in [3.8, 4) is 0 Å². The molecule has 0 fully saturated rings. The Morgan fingerprint density at radius 3 is 2.80 bits per heavy atom. The summed E-state index contributed by atoms with van der Waals surface area (Å²) in [7, 11) is 1.83. The standard InChI is InChI=1S/C12H13NOS/c1-3-13(2)12(14)11-8-9-6-4-5-7-10(9)15-11/h4-8H,3H2,1-2H3. The number of carbonyl (C=O) groups excluding carboxylic acids is 1. The maximum Gasteiger partial charge on any atom is 0.263 e. The van der Waals surface area contributed by atoms with E-state index in [1.54, 1.807) is 16.2 Å². The first-order chi connectivity index (χ1) is 7.22. The van der Waals surface area contributed by atoms with E-state index in [0.717, 1.165) is 16.8 Å². The molecule has 2 rings (SSSR count). The molecule has 0 radical (unpaired) electrons. The van der Waals surface area contributed by atoms with Crippen molar-refractivity contribution >= 4 is 27.3 Å². The van der Waals surface area contributed by atoms with Crippen LogP contribution in [0, 0.1) is 0 Å². The molecular weight excluding hydrogens is 206 g/mol. The molecular formula is C12H13NOS. The summed E-state index contributed by atoms with van der Waals surface area (Å²) in [6.07, 6.45) is 0. The number of fused-ring (bicyclic) bond motifs is 1. The van der Waals surface area contributed by atoms with Crippen LogP contribution in [-0.2, 0) is 0 Å². The zero-order chi connectivity index (χ0) is 10.8. The van der Waals surface area contributed by atoms with Gasteiger partial charge in [0.15, 0.2) is 0 Å². The van der Waals surface area contributed by atoms with Gasteiger partial charge in [0.2, 0.25) is 0 Å². The van der Waals surface area contributed by atoms with Gasteiger partial charge in [-0.1, -0.05) is 18.2 Å². The van der Waals surface area contributed by atoms with Gasteiger partial charge in [-0.3, -0.25) is 4.79 Å². The summed E-state index contributed by atoms with van der Waals surface area (Å²) in [5, 5.41) is 1.15. The van der Waals surface area contributed by atoms with Crippen LogP contribution in [0.15, 0.2) is 30.3 Å². The van der Waals surface area contributed by atoms with Gasteiger partial charge >= 0.3 is 0 Å². The second kappa shape index (κ2) is 4.03. The summed E-state index contributed by atoms with van der Waals surface area (Å²) in [6, 6.07) is 10.0. The van der Waals surface area contributed by atoms with E-state index >= 15 is 0 Å². The molecule has 0 unspecified atom stereocenters. The van der Waals surface area contributed by atoms with Crippen molar-refractivity contribution in [1.82, 2.24) is 4.90 Å². The molecule has 78 valence electrons. The largest absolute Gasteiger partial charge is 0.341 e. The normalized spacial score (nSPS) is 10.5. The quantitative estimate of drug-likeness (QED) is 0.760. The molecule has 0 saturated carbocycles. The van der Waals surface area contributed by atoms with Gasteiger partial charge in [0, 0.05) is 18.3 Å². The van der Waals surface area contributed by atoms with E-state index in [0.29, 0.717) is 0 Å². The topological polar surface area (TPSA) is 20.3 Å². The molecule has 0 aliphatic rings. The van der Waals surface area contributed by atoms with Crippen molar-refractivity contribution in [2.45, 2.75) is 6.92 Å². The zero-order valence-corrected chi connectivity index (χ0v) is 9.67. The fourth-order valence-electron chi connectivity index (χ4n) is 1.42. The van der Waals surface area contributed by atoms with Crippen molar-refractivity contribution in [3.05, 3.63) is 35.2 Å². The van der Waals surface area contributed by atoms with E-state index in [1.807, 2.05) is 44.3 Å². The van der Waals surface area contributed by atoms with Crippen LogP contribution in [0.2, 0.25) is 0 Å². The van der Waals surface area contributed by atoms with E-state index in [4.69, 9.17) is 0 Å². The number of carbonyl (C=O) groups is 1. The molecule has 0 aliphatic carbocycles. The summed E-state index contributed by atoms with van der Waals surface area (Å²) in [5.41, 5.74) is 0. The van der Waals surface area contributed by atoms with Gasteiger partial charge in [-0.15, -0.1) is 11.3 Å². The highest BCUT2D eigenvalue weighted by atomic mass is 32.1. The summed E-state index contributed by atoms with van der Waals surface area (Å²) < 4.78 is 1.17. The van der Waals surface area contributed by atoms with Crippen LogP contribution in [0.4, 0.5) is 0 Å². The van der Waals surface area contributed by atoms with Crippen molar-refractivity contribution in [1.29, 1.82) is 0 Å². The van der Waals surface area contributed by atoms with Crippen molar-refractivity contribution in [2.24, 2.45) is 0 Å². The molecule has 0 bridgehead atoms.